The molecule has 0 unspecified atom stereocenters. The molecule has 3 heterocycles. The van der Waals surface area contributed by atoms with Gasteiger partial charge in [0.15, 0.2) is 0 Å². The molecule has 3 saturated heterocycles. The molecule has 2 amide bonds. The van der Waals surface area contributed by atoms with Crippen molar-refractivity contribution in [2.45, 2.75) is 43.8 Å². The second-order valence-electron chi connectivity index (χ2n) is 6.06. The molecule has 0 aromatic heterocycles. The van der Waals surface area contributed by atoms with Gasteiger partial charge in [-0.05, 0) is 25.7 Å². The van der Waals surface area contributed by atoms with Gasteiger partial charge in [0, 0.05) is 33.2 Å². The molecule has 0 aromatic carbocycles. The molecule has 0 N–H and O–H groups in total. The summed E-state index contributed by atoms with van der Waals surface area (Å²) in [4.78, 5) is 16.4. The fraction of sp³-hybridized carbons (Fsp3) is 0.929. The summed E-state index contributed by atoms with van der Waals surface area (Å²) in [5.74, 6) is 0. The van der Waals surface area contributed by atoms with E-state index in [1.165, 1.54) is 0 Å². The topological polar surface area (TPSA) is 42.0 Å². The maximum atomic E-state index is 12.5. The van der Waals surface area contributed by atoms with E-state index in [0.717, 1.165) is 58.3 Å². The van der Waals surface area contributed by atoms with Gasteiger partial charge in [-0.3, -0.25) is 0 Å². The first-order chi connectivity index (χ1) is 9.22. The zero-order valence-electron chi connectivity index (χ0n) is 11.8. The molecule has 2 atom stereocenters. The van der Waals surface area contributed by atoms with E-state index in [1.54, 1.807) is 7.11 Å². The lowest BCUT2D eigenvalue weighted by Crippen LogP contribution is -2.53. The third-order valence-corrected chi connectivity index (χ3v) is 4.69. The molecule has 3 aliphatic rings. The van der Waals surface area contributed by atoms with Gasteiger partial charge in [-0.2, -0.15) is 0 Å². The van der Waals surface area contributed by atoms with Crippen LogP contribution in [0.15, 0.2) is 0 Å². The quantitative estimate of drug-likeness (QED) is 0.723. The van der Waals surface area contributed by atoms with E-state index in [-0.39, 0.29) is 17.7 Å². The summed E-state index contributed by atoms with van der Waals surface area (Å²) in [6.07, 6.45) is 5.50. The normalized spacial score (nSPS) is 35.3. The molecule has 1 spiro atoms. The molecule has 0 aromatic rings. The number of rotatable bonds is 1. The highest BCUT2D eigenvalue weighted by Crippen LogP contribution is 2.36. The van der Waals surface area contributed by atoms with Crippen LogP contribution in [-0.4, -0.2) is 67.4 Å². The summed E-state index contributed by atoms with van der Waals surface area (Å²) < 4.78 is 11.4. The Hall–Kier alpha value is -0.810. The van der Waals surface area contributed by atoms with Crippen LogP contribution in [0.3, 0.4) is 0 Å². The van der Waals surface area contributed by atoms with Crippen molar-refractivity contribution in [3.8, 4) is 0 Å². The Morgan fingerprint density at radius 2 is 1.95 bits per heavy atom. The molecule has 108 valence electrons. The highest BCUT2D eigenvalue weighted by atomic mass is 16.6. The Morgan fingerprint density at radius 1 is 1.21 bits per heavy atom. The van der Waals surface area contributed by atoms with Crippen molar-refractivity contribution in [3.05, 3.63) is 0 Å². The standard InChI is InChI=1S/C14H24N2O3/c1-18-12-9-14(19-10-12)5-4-8-16(11-14)13(17)15-6-2-3-7-15/h12H,2-11H2,1H3/t12-,14+/m1/s1. The molecule has 3 rings (SSSR count). The number of carbonyl (C=O) groups is 1. The van der Waals surface area contributed by atoms with Gasteiger partial charge in [-0.1, -0.05) is 0 Å². The monoisotopic (exact) mass is 268 g/mol. The number of hydrogen-bond donors (Lipinski definition) is 0. The zero-order chi connectivity index (χ0) is 13.3. The number of hydrogen-bond acceptors (Lipinski definition) is 3. The Bertz CT molecular complexity index is 344. The number of piperidine rings is 1. The molecule has 0 bridgehead atoms. The Morgan fingerprint density at radius 3 is 2.63 bits per heavy atom. The van der Waals surface area contributed by atoms with Crippen molar-refractivity contribution in [1.82, 2.24) is 9.80 Å². The third-order valence-electron chi connectivity index (χ3n) is 4.69. The van der Waals surface area contributed by atoms with Crippen molar-refractivity contribution in [2.24, 2.45) is 0 Å². The first kappa shape index (κ1) is 13.2. The number of carbonyl (C=O) groups excluding carboxylic acids is 1. The van der Waals surface area contributed by atoms with E-state index in [1.807, 2.05) is 9.80 Å². The second kappa shape index (κ2) is 5.29. The SMILES string of the molecule is CO[C@H]1CO[C@@]2(CCCN(C(=O)N3CCCC3)C2)C1. The van der Waals surface area contributed by atoms with E-state index in [9.17, 15) is 4.79 Å². The van der Waals surface area contributed by atoms with E-state index in [2.05, 4.69) is 0 Å². The van der Waals surface area contributed by atoms with Crippen LogP contribution in [0.5, 0.6) is 0 Å². The molecule has 0 aliphatic carbocycles. The van der Waals surface area contributed by atoms with Gasteiger partial charge >= 0.3 is 6.03 Å². The number of urea groups is 1. The number of likely N-dealkylation sites (tertiary alicyclic amines) is 2. The number of amides is 2. The fourth-order valence-electron chi connectivity index (χ4n) is 3.61. The Balaban J connectivity index is 1.63. The lowest BCUT2D eigenvalue weighted by Gasteiger charge is -2.41. The average molecular weight is 268 g/mol. The first-order valence-corrected chi connectivity index (χ1v) is 7.43. The van der Waals surface area contributed by atoms with Crippen LogP contribution in [0, 0.1) is 0 Å². The van der Waals surface area contributed by atoms with Crippen LogP contribution in [0.4, 0.5) is 4.79 Å². The largest absolute Gasteiger partial charge is 0.379 e. The minimum Gasteiger partial charge on any atom is -0.379 e. The van der Waals surface area contributed by atoms with Crippen molar-refractivity contribution < 1.29 is 14.3 Å². The van der Waals surface area contributed by atoms with Gasteiger partial charge in [0.25, 0.3) is 0 Å². The van der Waals surface area contributed by atoms with Crippen LogP contribution in [0.25, 0.3) is 0 Å². The number of nitrogens with zero attached hydrogens (tertiary/aromatic N) is 2. The van der Waals surface area contributed by atoms with Gasteiger partial charge < -0.3 is 19.3 Å². The van der Waals surface area contributed by atoms with Crippen LogP contribution < -0.4 is 0 Å². The first-order valence-electron chi connectivity index (χ1n) is 7.43. The smallest absolute Gasteiger partial charge is 0.320 e. The van der Waals surface area contributed by atoms with E-state index >= 15 is 0 Å². The minimum absolute atomic E-state index is 0.145. The van der Waals surface area contributed by atoms with Gasteiger partial charge in [-0.25, -0.2) is 4.79 Å². The number of ether oxygens (including phenoxy) is 2. The average Bonchev–Trinajstić information content (AvgIpc) is 3.08. The lowest BCUT2D eigenvalue weighted by atomic mass is 9.89. The summed E-state index contributed by atoms with van der Waals surface area (Å²) in [6.45, 7) is 4.12. The van der Waals surface area contributed by atoms with Crippen molar-refractivity contribution in [3.63, 3.8) is 0 Å². The Kier molecular flexibility index (Phi) is 3.67. The number of methoxy groups -OCH3 is 1. The highest BCUT2D eigenvalue weighted by Gasteiger charge is 2.45. The zero-order valence-corrected chi connectivity index (χ0v) is 11.8. The molecule has 0 radical (unpaired) electrons. The van der Waals surface area contributed by atoms with Crippen LogP contribution in [0.2, 0.25) is 0 Å². The van der Waals surface area contributed by atoms with E-state index in [4.69, 9.17) is 9.47 Å². The fourth-order valence-corrected chi connectivity index (χ4v) is 3.61. The predicted octanol–water partition coefficient (Wildman–Crippen LogP) is 1.47. The maximum Gasteiger partial charge on any atom is 0.320 e. The van der Waals surface area contributed by atoms with Gasteiger partial charge in [0.2, 0.25) is 0 Å². The summed E-state index contributed by atoms with van der Waals surface area (Å²) in [5.41, 5.74) is -0.145. The van der Waals surface area contributed by atoms with Crippen LogP contribution in [0.1, 0.15) is 32.1 Å². The second-order valence-corrected chi connectivity index (χ2v) is 6.06. The van der Waals surface area contributed by atoms with Crippen LogP contribution in [-0.2, 0) is 9.47 Å². The summed E-state index contributed by atoms with van der Waals surface area (Å²) in [7, 11) is 1.74. The molecule has 19 heavy (non-hydrogen) atoms. The molecule has 5 heteroatoms. The summed E-state index contributed by atoms with van der Waals surface area (Å²) in [6, 6.07) is 0.209. The third kappa shape index (κ3) is 2.58. The molecule has 5 nitrogen and oxygen atoms in total. The van der Waals surface area contributed by atoms with Crippen molar-refractivity contribution >= 4 is 6.03 Å². The lowest BCUT2D eigenvalue weighted by molar-refractivity contribution is -0.0447. The highest BCUT2D eigenvalue weighted by molar-refractivity contribution is 5.75. The van der Waals surface area contributed by atoms with Crippen molar-refractivity contribution in [1.29, 1.82) is 0 Å². The minimum atomic E-state index is -0.145. The molecular formula is C14H24N2O3. The van der Waals surface area contributed by atoms with E-state index in [0.29, 0.717) is 6.61 Å². The molecule has 3 aliphatic heterocycles. The maximum absolute atomic E-state index is 12.5. The van der Waals surface area contributed by atoms with E-state index < -0.39 is 0 Å². The Labute approximate surface area is 114 Å². The molecular weight excluding hydrogens is 244 g/mol. The summed E-state index contributed by atoms with van der Waals surface area (Å²) >= 11 is 0. The predicted molar refractivity (Wildman–Crippen MR) is 71.1 cm³/mol. The van der Waals surface area contributed by atoms with Crippen LogP contribution >= 0.6 is 0 Å². The van der Waals surface area contributed by atoms with Gasteiger partial charge in [0.05, 0.1) is 24.9 Å². The summed E-state index contributed by atoms with van der Waals surface area (Å²) in [5, 5.41) is 0. The van der Waals surface area contributed by atoms with Gasteiger partial charge in [-0.15, -0.1) is 0 Å². The van der Waals surface area contributed by atoms with Crippen molar-refractivity contribution in [2.75, 3.05) is 39.9 Å². The molecule has 3 fully saturated rings. The van der Waals surface area contributed by atoms with Gasteiger partial charge in [0.1, 0.15) is 0 Å². The molecule has 0 saturated carbocycles.